The van der Waals surface area contributed by atoms with Gasteiger partial charge in [-0.15, -0.1) is 12.4 Å². The van der Waals surface area contributed by atoms with Gasteiger partial charge in [0.05, 0.1) is 6.26 Å². The van der Waals surface area contributed by atoms with Crippen LogP contribution in [0.1, 0.15) is 18.4 Å². The van der Waals surface area contributed by atoms with Crippen molar-refractivity contribution in [3.05, 3.63) is 108 Å². The third kappa shape index (κ3) is 9.76. The topological polar surface area (TPSA) is 108 Å². The Hall–Kier alpha value is -3.97. The third-order valence-electron chi connectivity index (χ3n) is 7.41. The number of ether oxygens (including phenoxy) is 1. The van der Waals surface area contributed by atoms with E-state index in [0.717, 1.165) is 44.3 Å². The van der Waals surface area contributed by atoms with Crippen LogP contribution in [0, 0.1) is 5.82 Å². The van der Waals surface area contributed by atoms with Gasteiger partial charge < -0.3 is 10.1 Å². The molecule has 0 aliphatic carbocycles. The van der Waals surface area contributed by atoms with Crippen LogP contribution in [0.25, 0.3) is 0 Å². The first kappa shape index (κ1) is 34.9. The largest absolute Gasteiger partial charge is 0.457 e. The first-order chi connectivity index (χ1) is 21.5. The number of benzene rings is 4. The molecular weight excluding hydrogens is 651 g/mol. The van der Waals surface area contributed by atoms with E-state index in [4.69, 9.17) is 4.74 Å². The second-order valence-corrected chi connectivity index (χ2v) is 14.0. The normalized spacial score (nSPS) is 14.5. The molecule has 1 unspecified atom stereocenters. The van der Waals surface area contributed by atoms with Crippen LogP contribution in [0.4, 0.5) is 26.2 Å². The zero-order valence-corrected chi connectivity index (χ0v) is 27.8. The zero-order valence-electron chi connectivity index (χ0n) is 25.4. The van der Waals surface area contributed by atoms with E-state index in [-0.39, 0.29) is 30.3 Å². The molecule has 5 rings (SSSR count). The molecule has 46 heavy (non-hydrogen) atoms. The van der Waals surface area contributed by atoms with E-state index in [1.807, 2.05) is 36.4 Å². The van der Waals surface area contributed by atoms with Crippen LogP contribution in [-0.4, -0.2) is 55.2 Å². The molecule has 0 bridgehead atoms. The van der Waals surface area contributed by atoms with Crippen molar-refractivity contribution >= 4 is 56.3 Å². The second kappa shape index (κ2) is 15.5. The molecule has 13 heteroatoms. The number of amides is 2. The van der Waals surface area contributed by atoms with Crippen LogP contribution in [0.3, 0.4) is 0 Å². The number of nitrogens with zero attached hydrogens (tertiary/aromatic N) is 2. The lowest BCUT2D eigenvalue weighted by atomic mass is 10.0. The van der Waals surface area contributed by atoms with Crippen LogP contribution in [0.2, 0.25) is 0 Å². The fourth-order valence-electron chi connectivity index (χ4n) is 5.21. The maximum Gasteiger partial charge on any atom is 0.326 e. The number of anilines is 3. The molecule has 1 saturated heterocycles. The molecule has 2 amide bonds. The summed E-state index contributed by atoms with van der Waals surface area (Å²) in [6.45, 7) is 2.32. The van der Waals surface area contributed by atoms with Gasteiger partial charge >= 0.3 is 6.03 Å². The number of hydrogen-bond acceptors (Lipinski definition) is 6. The van der Waals surface area contributed by atoms with Gasteiger partial charge in [-0.3, -0.25) is 18.7 Å². The summed E-state index contributed by atoms with van der Waals surface area (Å²) in [5.41, 5.74) is 2.80. The van der Waals surface area contributed by atoms with Crippen LogP contribution < -0.4 is 19.7 Å². The van der Waals surface area contributed by atoms with Gasteiger partial charge in [-0.25, -0.2) is 17.6 Å². The number of carbonyl (C=O) groups is 1. The quantitative estimate of drug-likeness (QED) is 0.189. The van der Waals surface area contributed by atoms with E-state index < -0.39 is 20.8 Å². The number of urea groups is 1. The predicted molar refractivity (Wildman–Crippen MR) is 184 cm³/mol. The number of rotatable bonds is 10. The van der Waals surface area contributed by atoms with Crippen molar-refractivity contribution in [2.45, 2.75) is 30.3 Å². The highest BCUT2D eigenvalue weighted by Gasteiger charge is 2.29. The van der Waals surface area contributed by atoms with Crippen molar-refractivity contribution in [1.29, 1.82) is 0 Å². The Morgan fingerprint density at radius 2 is 1.43 bits per heavy atom. The summed E-state index contributed by atoms with van der Waals surface area (Å²) in [6.07, 6.45) is 4.23. The zero-order chi connectivity index (χ0) is 32.0. The smallest absolute Gasteiger partial charge is 0.326 e. The van der Waals surface area contributed by atoms with E-state index in [9.17, 15) is 21.8 Å². The molecule has 1 fully saturated rings. The molecule has 0 spiro atoms. The van der Waals surface area contributed by atoms with Gasteiger partial charge in [0.25, 0.3) is 0 Å². The highest BCUT2D eigenvalue weighted by molar-refractivity contribution is 7.92. The molecule has 0 saturated carbocycles. The van der Waals surface area contributed by atoms with Crippen LogP contribution in [-0.2, 0) is 27.4 Å². The summed E-state index contributed by atoms with van der Waals surface area (Å²) in [5.74, 6) is 0.884. The van der Waals surface area contributed by atoms with Crippen molar-refractivity contribution < 1.29 is 26.5 Å². The summed E-state index contributed by atoms with van der Waals surface area (Å²) >= 11 is 0. The highest BCUT2D eigenvalue weighted by Crippen LogP contribution is 2.28. The first-order valence-corrected chi connectivity index (χ1v) is 17.8. The van der Waals surface area contributed by atoms with Crippen molar-refractivity contribution in [1.82, 2.24) is 4.90 Å². The molecule has 1 aliphatic heterocycles. The van der Waals surface area contributed by atoms with Gasteiger partial charge in [0.2, 0.25) is 10.0 Å². The minimum absolute atomic E-state index is 0. The average molecular weight is 687 g/mol. The minimum Gasteiger partial charge on any atom is -0.457 e. The summed E-state index contributed by atoms with van der Waals surface area (Å²) < 4.78 is 56.5. The highest BCUT2D eigenvalue weighted by atomic mass is 35.5. The van der Waals surface area contributed by atoms with Crippen LogP contribution in [0.5, 0.6) is 11.5 Å². The second-order valence-electron chi connectivity index (χ2n) is 10.9. The standard InChI is InChI=1S/C33H35FN4O5S2.ClH/c1-44(40)32-17-11-28(12-18-32)38(33(39)35-26-7-5-25(34)6-8-26)29-19-21-37(22-20-29)23-24-3-13-30(14-4-24)43-31-15-9-27(10-16-31)36-45(2,41)42;/h3-18,29,36H,19-23H2,1-2H3,(H,35,39);1H. The molecular formula is C33H36ClFN4O5S2. The molecule has 0 aromatic heterocycles. The predicted octanol–water partition coefficient (Wildman–Crippen LogP) is 6.85. The Morgan fingerprint density at radius 1 is 0.891 bits per heavy atom. The molecule has 1 aliphatic rings. The number of likely N-dealkylation sites (tertiary alicyclic amines) is 1. The van der Waals surface area contributed by atoms with E-state index in [0.29, 0.717) is 33.5 Å². The maximum atomic E-state index is 13.5. The number of nitrogens with one attached hydrogen (secondary N) is 2. The lowest BCUT2D eigenvalue weighted by Crippen LogP contribution is -2.49. The first-order valence-electron chi connectivity index (χ1n) is 14.4. The molecule has 1 heterocycles. The van der Waals surface area contributed by atoms with E-state index in [2.05, 4.69) is 14.9 Å². The van der Waals surface area contributed by atoms with Gasteiger partial charge in [0.1, 0.15) is 17.3 Å². The van der Waals surface area contributed by atoms with Gasteiger partial charge in [-0.05, 0) is 103 Å². The van der Waals surface area contributed by atoms with E-state index >= 15 is 0 Å². The maximum absolute atomic E-state index is 13.5. The van der Waals surface area contributed by atoms with Gasteiger partial charge in [-0.1, -0.05) is 12.1 Å². The number of hydrogen-bond donors (Lipinski definition) is 2. The van der Waals surface area contributed by atoms with Crippen molar-refractivity contribution in [3.8, 4) is 11.5 Å². The Labute approximate surface area is 277 Å². The van der Waals surface area contributed by atoms with Gasteiger partial charge in [-0.2, -0.15) is 0 Å². The van der Waals surface area contributed by atoms with Crippen LogP contribution in [0.15, 0.2) is 102 Å². The summed E-state index contributed by atoms with van der Waals surface area (Å²) in [6, 6.07) is 27.0. The molecule has 4 aromatic carbocycles. The van der Waals surface area contributed by atoms with E-state index in [1.165, 1.54) is 24.3 Å². The van der Waals surface area contributed by atoms with Crippen LogP contribution >= 0.6 is 12.4 Å². The molecule has 244 valence electrons. The Balaban J connectivity index is 0.00000480. The average Bonchev–Trinajstić information content (AvgIpc) is 3.01. The summed E-state index contributed by atoms with van der Waals surface area (Å²) in [4.78, 5) is 18.3. The summed E-state index contributed by atoms with van der Waals surface area (Å²) in [5, 5.41) is 2.90. The number of sulfonamides is 1. The number of halogens is 2. The summed E-state index contributed by atoms with van der Waals surface area (Å²) in [7, 11) is -4.47. The van der Waals surface area contributed by atoms with Crippen molar-refractivity contribution in [3.63, 3.8) is 0 Å². The van der Waals surface area contributed by atoms with E-state index in [1.54, 1.807) is 47.6 Å². The Bertz CT molecular complexity index is 1730. The third-order valence-corrected chi connectivity index (χ3v) is 8.95. The van der Waals surface area contributed by atoms with Crippen molar-refractivity contribution in [2.24, 2.45) is 0 Å². The fraction of sp³-hybridized carbons (Fsp3) is 0.242. The Morgan fingerprint density at radius 3 is 1.98 bits per heavy atom. The lowest BCUT2D eigenvalue weighted by Gasteiger charge is -2.38. The SMILES string of the molecule is CS(=O)c1ccc(N(C(=O)Nc2ccc(F)cc2)C2CCN(Cc3ccc(Oc4ccc(NS(C)(=O)=O)cc4)cc3)CC2)cc1.Cl. The molecule has 0 radical (unpaired) electrons. The molecule has 2 N–H and O–H groups in total. The molecule has 1 atom stereocenters. The fourth-order valence-corrected chi connectivity index (χ4v) is 6.29. The monoisotopic (exact) mass is 686 g/mol. The van der Waals surface area contributed by atoms with Gasteiger partial charge in [0, 0.05) is 64.7 Å². The number of piperidine rings is 1. The Kier molecular flexibility index (Phi) is 11.8. The molecule has 9 nitrogen and oxygen atoms in total. The minimum atomic E-state index is -3.34. The van der Waals surface area contributed by atoms with Gasteiger partial charge in [0.15, 0.2) is 0 Å². The lowest BCUT2D eigenvalue weighted by molar-refractivity contribution is 0.199. The molecule has 4 aromatic rings. The van der Waals surface area contributed by atoms with Crippen molar-refractivity contribution in [2.75, 3.05) is 40.5 Å². The number of carbonyl (C=O) groups excluding carboxylic acids is 1.